The first-order valence-electron chi connectivity index (χ1n) is 13.2. The van der Waals surface area contributed by atoms with Gasteiger partial charge in [0.1, 0.15) is 17.4 Å². The molecule has 0 spiro atoms. The van der Waals surface area contributed by atoms with E-state index >= 15 is 0 Å². The van der Waals surface area contributed by atoms with Gasteiger partial charge in [-0.15, -0.1) is 0 Å². The molecule has 3 aromatic carbocycles. The van der Waals surface area contributed by atoms with E-state index in [1.165, 1.54) is 10.5 Å². The van der Waals surface area contributed by atoms with Gasteiger partial charge in [0, 0.05) is 32.2 Å². The van der Waals surface area contributed by atoms with Gasteiger partial charge in [0.2, 0.25) is 10.0 Å². The molecule has 214 valence electrons. The van der Waals surface area contributed by atoms with Crippen LogP contribution in [0.2, 0.25) is 0 Å². The van der Waals surface area contributed by atoms with Crippen molar-refractivity contribution in [2.24, 2.45) is 0 Å². The molecule has 2 heterocycles. The molecule has 1 saturated heterocycles. The van der Waals surface area contributed by atoms with E-state index in [-0.39, 0.29) is 36.2 Å². The highest BCUT2D eigenvalue weighted by Gasteiger charge is 2.29. The van der Waals surface area contributed by atoms with Crippen LogP contribution in [-0.2, 0) is 15.8 Å². The van der Waals surface area contributed by atoms with Gasteiger partial charge >= 0.3 is 0 Å². The van der Waals surface area contributed by atoms with Crippen LogP contribution in [0.15, 0.2) is 83.8 Å². The molecule has 0 saturated carbocycles. The van der Waals surface area contributed by atoms with Crippen LogP contribution in [0.5, 0.6) is 5.75 Å². The standard InChI is InChI=1S/C30H30F2N4O4S/c1-21(2)40-27-10-6-9-23(15-27)29-28(19-33-36(30(29)37)26-17-24(31)16-25(32)18-26)34-11-13-35(14-12-34)41(38,39)20-22-7-4-3-5-8-22/h3-10,15-19,21H,11-14,20H2,1-2H3. The van der Waals surface area contributed by atoms with Crippen LogP contribution < -0.4 is 15.2 Å². The summed E-state index contributed by atoms with van der Waals surface area (Å²) in [4.78, 5) is 15.8. The molecule has 0 N–H and O–H groups in total. The van der Waals surface area contributed by atoms with E-state index in [1.807, 2.05) is 24.8 Å². The number of anilines is 1. The Morgan fingerprint density at radius 3 is 2.24 bits per heavy atom. The molecule has 1 aliphatic heterocycles. The molecule has 41 heavy (non-hydrogen) atoms. The van der Waals surface area contributed by atoms with Crippen LogP contribution in [-0.4, -0.2) is 54.8 Å². The third-order valence-corrected chi connectivity index (χ3v) is 8.56. The maximum absolute atomic E-state index is 14.0. The fourth-order valence-electron chi connectivity index (χ4n) is 4.88. The molecular formula is C30H30F2N4O4S. The van der Waals surface area contributed by atoms with E-state index in [9.17, 15) is 22.0 Å². The molecule has 4 aromatic rings. The maximum atomic E-state index is 14.0. The van der Waals surface area contributed by atoms with Crippen LogP contribution in [0.3, 0.4) is 0 Å². The smallest absolute Gasteiger partial charge is 0.281 e. The number of aromatic nitrogens is 2. The summed E-state index contributed by atoms with van der Waals surface area (Å²) in [5, 5.41) is 4.25. The molecule has 0 amide bonds. The van der Waals surface area contributed by atoms with Crippen LogP contribution >= 0.6 is 0 Å². The largest absolute Gasteiger partial charge is 0.491 e. The normalized spacial score (nSPS) is 14.4. The molecular weight excluding hydrogens is 550 g/mol. The van der Waals surface area contributed by atoms with Gasteiger partial charge in [0.05, 0.1) is 35.0 Å². The summed E-state index contributed by atoms with van der Waals surface area (Å²) >= 11 is 0. The fraction of sp³-hybridized carbons (Fsp3) is 0.267. The molecule has 5 rings (SSSR count). The third kappa shape index (κ3) is 6.47. The van der Waals surface area contributed by atoms with Gasteiger partial charge in [-0.05, 0) is 49.2 Å². The van der Waals surface area contributed by atoms with E-state index in [1.54, 1.807) is 48.5 Å². The van der Waals surface area contributed by atoms with Crippen molar-refractivity contribution in [3.05, 3.63) is 107 Å². The molecule has 11 heteroatoms. The van der Waals surface area contributed by atoms with Gasteiger partial charge < -0.3 is 9.64 Å². The Labute approximate surface area is 237 Å². The van der Waals surface area contributed by atoms with Crippen molar-refractivity contribution >= 4 is 15.7 Å². The lowest BCUT2D eigenvalue weighted by Crippen LogP contribution is -2.49. The number of benzene rings is 3. The van der Waals surface area contributed by atoms with E-state index in [0.717, 1.165) is 22.9 Å². The lowest BCUT2D eigenvalue weighted by molar-refractivity contribution is 0.242. The Bertz CT molecular complexity index is 1680. The monoisotopic (exact) mass is 580 g/mol. The second-order valence-corrected chi connectivity index (χ2v) is 12.0. The van der Waals surface area contributed by atoms with E-state index in [4.69, 9.17) is 4.74 Å². The van der Waals surface area contributed by atoms with Crippen molar-refractivity contribution in [1.29, 1.82) is 0 Å². The molecule has 1 aromatic heterocycles. The van der Waals surface area contributed by atoms with Crippen LogP contribution in [0.4, 0.5) is 14.5 Å². The summed E-state index contributed by atoms with van der Waals surface area (Å²) < 4.78 is 62.5. The molecule has 0 unspecified atom stereocenters. The predicted octanol–water partition coefficient (Wildman–Crippen LogP) is 4.62. The van der Waals surface area contributed by atoms with Crippen molar-refractivity contribution in [2.75, 3.05) is 31.1 Å². The minimum Gasteiger partial charge on any atom is -0.491 e. The van der Waals surface area contributed by atoms with Crippen molar-refractivity contribution in [3.8, 4) is 22.6 Å². The van der Waals surface area contributed by atoms with Crippen LogP contribution in [0.1, 0.15) is 19.4 Å². The molecule has 0 bridgehead atoms. The molecule has 0 aliphatic carbocycles. The number of sulfonamides is 1. The summed E-state index contributed by atoms with van der Waals surface area (Å²) in [7, 11) is -3.54. The summed E-state index contributed by atoms with van der Waals surface area (Å²) in [5.74, 6) is -1.21. The number of nitrogens with zero attached hydrogens (tertiary/aromatic N) is 4. The number of rotatable bonds is 8. The molecule has 1 aliphatic rings. The zero-order chi connectivity index (χ0) is 29.1. The van der Waals surface area contributed by atoms with Crippen molar-refractivity contribution in [3.63, 3.8) is 0 Å². The minimum absolute atomic E-state index is 0.0493. The second-order valence-electron chi connectivity index (χ2n) is 10.1. The van der Waals surface area contributed by atoms with Crippen molar-refractivity contribution < 1.29 is 21.9 Å². The molecule has 0 radical (unpaired) electrons. The Hall–Kier alpha value is -4.09. The van der Waals surface area contributed by atoms with E-state index in [2.05, 4.69) is 5.10 Å². The van der Waals surface area contributed by atoms with Gasteiger partial charge in [0.15, 0.2) is 0 Å². The van der Waals surface area contributed by atoms with Gasteiger partial charge in [-0.2, -0.15) is 14.1 Å². The number of halogens is 2. The Morgan fingerprint density at radius 2 is 1.59 bits per heavy atom. The molecule has 8 nitrogen and oxygen atoms in total. The molecule has 0 atom stereocenters. The fourth-order valence-corrected chi connectivity index (χ4v) is 6.40. The quantitative estimate of drug-likeness (QED) is 0.303. The summed E-state index contributed by atoms with van der Waals surface area (Å²) in [5.41, 5.74) is 1.38. The highest BCUT2D eigenvalue weighted by atomic mass is 32.2. The maximum Gasteiger partial charge on any atom is 0.281 e. The first-order chi connectivity index (χ1) is 19.6. The van der Waals surface area contributed by atoms with E-state index < -0.39 is 27.2 Å². The Morgan fingerprint density at radius 1 is 0.902 bits per heavy atom. The number of ether oxygens (including phenoxy) is 1. The second kappa shape index (κ2) is 11.8. The van der Waals surface area contributed by atoms with Crippen molar-refractivity contribution in [2.45, 2.75) is 25.7 Å². The SMILES string of the molecule is CC(C)Oc1cccc(-c2c(N3CCN(S(=O)(=O)Cc4ccccc4)CC3)cnn(-c3cc(F)cc(F)c3)c2=O)c1. The average molecular weight is 581 g/mol. The van der Waals surface area contributed by atoms with Crippen LogP contribution in [0, 0.1) is 11.6 Å². The van der Waals surface area contributed by atoms with Gasteiger partial charge in [-0.3, -0.25) is 4.79 Å². The minimum atomic E-state index is -3.54. The number of piperazine rings is 1. The number of hydrogen-bond acceptors (Lipinski definition) is 6. The summed E-state index contributed by atoms with van der Waals surface area (Å²) in [6.07, 6.45) is 1.38. The zero-order valence-electron chi connectivity index (χ0n) is 22.7. The summed E-state index contributed by atoms with van der Waals surface area (Å²) in [6, 6.07) is 18.8. The Kier molecular flexibility index (Phi) is 8.18. The predicted molar refractivity (Wildman–Crippen MR) is 154 cm³/mol. The topological polar surface area (TPSA) is 84.7 Å². The lowest BCUT2D eigenvalue weighted by atomic mass is 10.0. The summed E-state index contributed by atoms with van der Waals surface area (Å²) in [6.45, 7) is 4.88. The average Bonchev–Trinajstić information content (AvgIpc) is 2.92. The first kappa shape index (κ1) is 28.4. The van der Waals surface area contributed by atoms with Gasteiger partial charge in [-0.25, -0.2) is 17.2 Å². The van der Waals surface area contributed by atoms with Gasteiger partial charge in [0.25, 0.3) is 5.56 Å². The Balaban J connectivity index is 1.50. The van der Waals surface area contributed by atoms with Crippen LogP contribution in [0.25, 0.3) is 16.8 Å². The zero-order valence-corrected chi connectivity index (χ0v) is 23.5. The first-order valence-corrected chi connectivity index (χ1v) is 14.8. The highest BCUT2D eigenvalue weighted by molar-refractivity contribution is 7.88. The molecule has 1 fully saturated rings. The van der Waals surface area contributed by atoms with Gasteiger partial charge in [-0.1, -0.05) is 42.5 Å². The third-order valence-electron chi connectivity index (χ3n) is 6.71. The van der Waals surface area contributed by atoms with Crippen molar-refractivity contribution in [1.82, 2.24) is 14.1 Å². The van der Waals surface area contributed by atoms with E-state index in [0.29, 0.717) is 35.7 Å². The highest BCUT2D eigenvalue weighted by Crippen LogP contribution is 2.31. The lowest BCUT2D eigenvalue weighted by Gasteiger charge is -2.36. The number of hydrogen-bond donors (Lipinski definition) is 0.